The number of hydrogen-bond acceptors (Lipinski definition) is 3. The maximum absolute atomic E-state index is 11.0. The molecule has 0 aromatic carbocycles. The fourth-order valence-electron chi connectivity index (χ4n) is 1.27. The highest BCUT2D eigenvalue weighted by atomic mass is 16.4. The van der Waals surface area contributed by atoms with Gasteiger partial charge in [-0.25, -0.2) is 0 Å². The van der Waals surface area contributed by atoms with Crippen LogP contribution in [0, 0.1) is 5.92 Å². The summed E-state index contributed by atoms with van der Waals surface area (Å²) in [6.45, 7) is 0.357. The minimum atomic E-state index is -0.941. The zero-order chi connectivity index (χ0) is 9.14. The van der Waals surface area contributed by atoms with Gasteiger partial charge in [-0.3, -0.25) is 9.59 Å². The third kappa shape index (κ3) is 1.73. The standard InChI is InChI=1S/C7H11NO4/c9-2-1-8-4-5(7(11)12)3-6(8)10/h5,9H,1-4H2,(H,11,12)/t5-/m0/s1. The number of carboxylic acid groups (broad SMARTS) is 1. The molecular formula is C7H11NO4. The maximum Gasteiger partial charge on any atom is 0.308 e. The second kappa shape index (κ2) is 3.53. The van der Waals surface area contributed by atoms with Gasteiger partial charge in [0, 0.05) is 19.5 Å². The Morgan fingerprint density at radius 2 is 2.33 bits per heavy atom. The minimum Gasteiger partial charge on any atom is -0.481 e. The van der Waals surface area contributed by atoms with Gasteiger partial charge < -0.3 is 15.1 Å². The summed E-state index contributed by atoms with van der Waals surface area (Å²) in [5, 5.41) is 17.1. The molecule has 5 heteroatoms. The molecule has 1 aliphatic heterocycles. The van der Waals surface area contributed by atoms with Crippen LogP contribution in [0.5, 0.6) is 0 Å². The molecule has 68 valence electrons. The lowest BCUT2D eigenvalue weighted by molar-refractivity contribution is -0.141. The number of likely N-dealkylation sites (tertiary alicyclic amines) is 1. The second-order valence-corrected chi connectivity index (χ2v) is 2.80. The third-order valence-electron chi connectivity index (χ3n) is 1.93. The van der Waals surface area contributed by atoms with E-state index in [1.54, 1.807) is 0 Å². The highest BCUT2D eigenvalue weighted by Gasteiger charge is 2.33. The van der Waals surface area contributed by atoms with E-state index >= 15 is 0 Å². The van der Waals surface area contributed by atoms with Gasteiger partial charge in [-0.1, -0.05) is 0 Å². The van der Waals surface area contributed by atoms with Crippen molar-refractivity contribution in [1.29, 1.82) is 0 Å². The fourth-order valence-corrected chi connectivity index (χ4v) is 1.27. The first-order valence-corrected chi connectivity index (χ1v) is 3.76. The summed E-state index contributed by atoms with van der Waals surface area (Å²) >= 11 is 0. The molecule has 1 heterocycles. The lowest BCUT2D eigenvalue weighted by atomic mass is 10.1. The molecule has 0 radical (unpaired) electrons. The molecule has 0 spiro atoms. The predicted octanol–water partition coefficient (Wildman–Crippen LogP) is -1.09. The van der Waals surface area contributed by atoms with Crippen LogP contribution in [0.15, 0.2) is 0 Å². The minimum absolute atomic E-state index is 0.0648. The average Bonchev–Trinajstić information content (AvgIpc) is 2.34. The number of β-amino-alcohol motifs (C(OH)–C–C–N with tert-alkyl or cyclic N) is 1. The van der Waals surface area contributed by atoms with Crippen molar-refractivity contribution < 1.29 is 19.8 Å². The Kier molecular flexibility index (Phi) is 2.65. The topological polar surface area (TPSA) is 77.8 Å². The molecule has 1 atom stereocenters. The summed E-state index contributed by atoms with van der Waals surface area (Å²) in [6, 6.07) is 0. The number of hydrogen-bond donors (Lipinski definition) is 2. The van der Waals surface area contributed by atoms with E-state index in [1.807, 2.05) is 0 Å². The van der Waals surface area contributed by atoms with Crippen molar-refractivity contribution in [2.24, 2.45) is 5.92 Å². The Balaban J connectivity index is 2.50. The van der Waals surface area contributed by atoms with Crippen LogP contribution in [0.3, 0.4) is 0 Å². The van der Waals surface area contributed by atoms with Crippen LogP contribution in [0.25, 0.3) is 0 Å². The van der Waals surface area contributed by atoms with E-state index in [0.717, 1.165) is 0 Å². The molecule has 0 aliphatic carbocycles. The maximum atomic E-state index is 11.0. The molecule has 0 unspecified atom stereocenters. The van der Waals surface area contributed by atoms with Crippen molar-refractivity contribution in [2.75, 3.05) is 19.7 Å². The smallest absolute Gasteiger partial charge is 0.308 e. The Morgan fingerprint density at radius 1 is 1.67 bits per heavy atom. The van der Waals surface area contributed by atoms with E-state index in [9.17, 15) is 9.59 Å². The van der Waals surface area contributed by atoms with E-state index in [-0.39, 0.29) is 32.0 Å². The molecule has 2 N–H and O–H groups in total. The molecule has 12 heavy (non-hydrogen) atoms. The van der Waals surface area contributed by atoms with Crippen LogP contribution in [0.4, 0.5) is 0 Å². The van der Waals surface area contributed by atoms with E-state index in [1.165, 1.54) is 4.90 Å². The van der Waals surface area contributed by atoms with Crippen LogP contribution in [-0.2, 0) is 9.59 Å². The zero-order valence-corrected chi connectivity index (χ0v) is 6.56. The fraction of sp³-hybridized carbons (Fsp3) is 0.714. The van der Waals surface area contributed by atoms with Crippen LogP contribution in [0.2, 0.25) is 0 Å². The molecule has 0 aromatic heterocycles. The number of nitrogens with zero attached hydrogens (tertiary/aromatic N) is 1. The summed E-state index contributed by atoms with van der Waals surface area (Å²) in [7, 11) is 0. The monoisotopic (exact) mass is 173 g/mol. The number of aliphatic hydroxyl groups excluding tert-OH is 1. The quantitative estimate of drug-likeness (QED) is 0.568. The average molecular weight is 173 g/mol. The van der Waals surface area contributed by atoms with Gasteiger partial charge in [0.25, 0.3) is 0 Å². The summed E-state index contributed by atoms with van der Waals surface area (Å²) in [6.07, 6.45) is 0.0648. The van der Waals surface area contributed by atoms with Crippen LogP contribution >= 0.6 is 0 Å². The van der Waals surface area contributed by atoms with Crippen molar-refractivity contribution in [2.45, 2.75) is 6.42 Å². The van der Waals surface area contributed by atoms with E-state index in [2.05, 4.69) is 0 Å². The van der Waals surface area contributed by atoms with Gasteiger partial charge in [0.2, 0.25) is 5.91 Å². The molecule has 1 fully saturated rings. The first kappa shape index (κ1) is 8.99. The number of aliphatic hydroxyl groups is 1. The number of aliphatic carboxylic acids is 1. The second-order valence-electron chi connectivity index (χ2n) is 2.80. The Morgan fingerprint density at radius 3 is 2.75 bits per heavy atom. The van der Waals surface area contributed by atoms with Gasteiger partial charge >= 0.3 is 5.97 Å². The van der Waals surface area contributed by atoms with Crippen LogP contribution < -0.4 is 0 Å². The first-order valence-electron chi connectivity index (χ1n) is 3.76. The molecule has 5 nitrogen and oxygen atoms in total. The summed E-state index contributed by atoms with van der Waals surface area (Å²) < 4.78 is 0. The number of rotatable bonds is 3. The Hall–Kier alpha value is -1.10. The summed E-state index contributed by atoms with van der Waals surface area (Å²) in [5.74, 6) is -1.72. The number of carbonyl (C=O) groups is 2. The summed E-state index contributed by atoms with van der Waals surface area (Å²) in [4.78, 5) is 22.9. The normalized spacial score (nSPS) is 23.2. The predicted molar refractivity (Wildman–Crippen MR) is 39.4 cm³/mol. The number of carboxylic acids is 1. The van der Waals surface area contributed by atoms with E-state index in [4.69, 9.17) is 10.2 Å². The first-order chi connectivity index (χ1) is 5.65. The molecule has 1 saturated heterocycles. The SMILES string of the molecule is O=C(O)[C@H]1CC(=O)N(CCO)C1. The van der Waals surface area contributed by atoms with Crippen molar-refractivity contribution in [3.63, 3.8) is 0 Å². The highest BCUT2D eigenvalue weighted by molar-refractivity contribution is 5.86. The zero-order valence-electron chi connectivity index (χ0n) is 6.56. The summed E-state index contributed by atoms with van der Waals surface area (Å²) in [5.41, 5.74) is 0. The Labute approximate surface area is 69.6 Å². The lowest BCUT2D eigenvalue weighted by Gasteiger charge is -2.13. The van der Waals surface area contributed by atoms with Crippen LogP contribution in [0.1, 0.15) is 6.42 Å². The molecule has 1 amide bonds. The molecule has 0 aromatic rings. The molecule has 1 aliphatic rings. The molecule has 1 rings (SSSR count). The van der Waals surface area contributed by atoms with Gasteiger partial charge in [0.05, 0.1) is 12.5 Å². The number of carbonyl (C=O) groups excluding carboxylic acids is 1. The van der Waals surface area contributed by atoms with Gasteiger partial charge in [0.1, 0.15) is 0 Å². The molecular weight excluding hydrogens is 162 g/mol. The van der Waals surface area contributed by atoms with Gasteiger partial charge in [0.15, 0.2) is 0 Å². The van der Waals surface area contributed by atoms with Crippen LogP contribution in [-0.4, -0.2) is 46.7 Å². The van der Waals surface area contributed by atoms with Crippen molar-refractivity contribution in [3.05, 3.63) is 0 Å². The molecule has 0 bridgehead atoms. The van der Waals surface area contributed by atoms with Gasteiger partial charge in [-0.2, -0.15) is 0 Å². The van der Waals surface area contributed by atoms with Crippen molar-refractivity contribution >= 4 is 11.9 Å². The highest BCUT2D eigenvalue weighted by Crippen LogP contribution is 2.16. The van der Waals surface area contributed by atoms with E-state index < -0.39 is 11.9 Å². The lowest BCUT2D eigenvalue weighted by Crippen LogP contribution is -2.29. The van der Waals surface area contributed by atoms with Gasteiger partial charge in [-0.15, -0.1) is 0 Å². The van der Waals surface area contributed by atoms with E-state index in [0.29, 0.717) is 0 Å². The van der Waals surface area contributed by atoms with Crippen molar-refractivity contribution in [3.8, 4) is 0 Å². The largest absolute Gasteiger partial charge is 0.481 e. The third-order valence-corrected chi connectivity index (χ3v) is 1.93. The van der Waals surface area contributed by atoms with Gasteiger partial charge in [-0.05, 0) is 0 Å². The molecule has 0 saturated carbocycles. The Bertz CT molecular complexity index is 204. The number of amides is 1. The van der Waals surface area contributed by atoms with Crippen molar-refractivity contribution in [1.82, 2.24) is 4.90 Å².